The molecule has 0 unspecified atom stereocenters. The van der Waals surface area contributed by atoms with Gasteiger partial charge in [-0.25, -0.2) is 0 Å². The van der Waals surface area contributed by atoms with E-state index < -0.39 is 0 Å². The summed E-state index contributed by atoms with van der Waals surface area (Å²) >= 11 is 0. The molecule has 0 aromatic rings. The maximum Gasteiger partial charge on any atom is 0.225 e. The maximum absolute atomic E-state index is 12.4. The Bertz CT molecular complexity index is 320. The van der Waals surface area contributed by atoms with Gasteiger partial charge in [0.25, 0.3) is 0 Å². The number of nitrogens with zero attached hydrogens (tertiary/aromatic N) is 2. The Morgan fingerprint density at radius 1 is 0.895 bits per heavy atom. The van der Waals surface area contributed by atoms with Crippen molar-refractivity contribution in [2.24, 2.45) is 5.92 Å². The van der Waals surface area contributed by atoms with Gasteiger partial charge in [-0.05, 0) is 32.1 Å². The highest BCUT2D eigenvalue weighted by molar-refractivity contribution is 5.79. The summed E-state index contributed by atoms with van der Waals surface area (Å²) in [6.45, 7) is 3.61. The van der Waals surface area contributed by atoms with Crippen molar-refractivity contribution in [1.82, 2.24) is 9.80 Å². The molecule has 3 rings (SSSR count). The summed E-state index contributed by atoms with van der Waals surface area (Å²) in [4.78, 5) is 16.8. The van der Waals surface area contributed by atoms with Crippen LogP contribution in [0, 0.1) is 5.92 Å². The Morgan fingerprint density at radius 3 is 2.16 bits per heavy atom. The monoisotopic (exact) mass is 266 g/mol. The van der Waals surface area contributed by atoms with Crippen LogP contribution in [0.4, 0.5) is 0 Å². The van der Waals surface area contributed by atoms with Crippen LogP contribution in [0.1, 0.15) is 44.9 Å². The Morgan fingerprint density at radius 2 is 1.58 bits per heavy atom. The van der Waals surface area contributed by atoms with Crippen molar-refractivity contribution in [2.75, 3.05) is 26.2 Å². The van der Waals surface area contributed by atoms with E-state index in [4.69, 9.17) is 0 Å². The highest BCUT2D eigenvalue weighted by Crippen LogP contribution is 2.28. The number of hydrogen-bond donors (Lipinski definition) is 1. The SMILES string of the molecule is O=C(C1CCCC1)N1CCN([C@H]2CCC[C@@H]2O)CC1. The fraction of sp³-hybridized carbons (Fsp3) is 0.933. The normalized spacial score (nSPS) is 34.1. The van der Waals surface area contributed by atoms with Gasteiger partial charge >= 0.3 is 0 Å². The minimum atomic E-state index is -0.142. The van der Waals surface area contributed by atoms with Crippen LogP contribution in [0.2, 0.25) is 0 Å². The van der Waals surface area contributed by atoms with E-state index in [1.165, 1.54) is 12.8 Å². The molecular weight excluding hydrogens is 240 g/mol. The second-order valence-electron chi connectivity index (χ2n) is 6.41. The molecule has 1 aliphatic heterocycles. The first-order valence-electron chi connectivity index (χ1n) is 7.96. The van der Waals surface area contributed by atoms with Gasteiger partial charge in [0, 0.05) is 38.1 Å². The molecule has 108 valence electrons. The van der Waals surface area contributed by atoms with Crippen molar-refractivity contribution in [3.05, 3.63) is 0 Å². The number of rotatable bonds is 2. The van der Waals surface area contributed by atoms with Gasteiger partial charge in [0.1, 0.15) is 0 Å². The van der Waals surface area contributed by atoms with E-state index >= 15 is 0 Å². The van der Waals surface area contributed by atoms with Crippen molar-refractivity contribution in [1.29, 1.82) is 0 Å². The van der Waals surface area contributed by atoms with Crippen molar-refractivity contribution in [2.45, 2.75) is 57.1 Å². The molecule has 0 aromatic heterocycles. The molecule has 19 heavy (non-hydrogen) atoms. The summed E-state index contributed by atoms with van der Waals surface area (Å²) in [5.41, 5.74) is 0. The molecule has 1 N–H and O–H groups in total. The summed E-state index contributed by atoms with van der Waals surface area (Å²) in [6.07, 6.45) is 7.73. The highest BCUT2D eigenvalue weighted by atomic mass is 16.3. The standard InChI is InChI=1S/C15H26N2O2/c18-14-7-3-6-13(14)16-8-10-17(11-9-16)15(19)12-4-1-2-5-12/h12-14,18H,1-11H2/t13-,14-/m0/s1. The van der Waals surface area contributed by atoms with Crippen LogP contribution in [0.25, 0.3) is 0 Å². The van der Waals surface area contributed by atoms with Crippen LogP contribution in [0.15, 0.2) is 0 Å². The van der Waals surface area contributed by atoms with E-state index in [1.807, 2.05) is 0 Å². The minimum absolute atomic E-state index is 0.142. The molecule has 0 bridgehead atoms. The highest BCUT2D eigenvalue weighted by Gasteiger charge is 2.34. The van der Waals surface area contributed by atoms with E-state index in [0.29, 0.717) is 17.9 Å². The zero-order valence-electron chi connectivity index (χ0n) is 11.8. The zero-order chi connectivity index (χ0) is 13.2. The molecule has 0 aromatic carbocycles. The van der Waals surface area contributed by atoms with Gasteiger partial charge in [0.2, 0.25) is 5.91 Å². The zero-order valence-corrected chi connectivity index (χ0v) is 11.8. The molecule has 1 saturated heterocycles. The van der Waals surface area contributed by atoms with Gasteiger partial charge in [-0.1, -0.05) is 12.8 Å². The lowest BCUT2D eigenvalue weighted by molar-refractivity contribution is -0.137. The Kier molecular flexibility index (Phi) is 4.08. The van der Waals surface area contributed by atoms with Crippen molar-refractivity contribution in [3.8, 4) is 0 Å². The van der Waals surface area contributed by atoms with Gasteiger partial charge in [0.05, 0.1) is 6.10 Å². The van der Waals surface area contributed by atoms with Crippen LogP contribution < -0.4 is 0 Å². The molecule has 4 nitrogen and oxygen atoms in total. The molecule has 2 atom stereocenters. The first kappa shape index (κ1) is 13.4. The number of carbonyl (C=O) groups excluding carboxylic acids is 1. The second kappa shape index (κ2) is 5.80. The van der Waals surface area contributed by atoms with E-state index in [2.05, 4.69) is 9.80 Å². The first-order valence-corrected chi connectivity index (χ1v) is 7.96. The molecule has 4 heteroatoms. The van der Waals surface area contributed by atoms with E-state index in [1.54, 1.807) is 0 Å². The fourth-order valence-electron chi connectivity index (χ4n) is 4.05. The average molecular weight is 266 g/mol. The maximum atomic E-state index is 12.4. The molecule has 3 aliphatic rings. The third kappa shape index (κ3) is 2.79. The van der Waals surface area contributed by atoms with Crippen LogP contribution in [0.5, 0.6) is 0 Å². The lowest BCUT2D eigenvalue weighted by Crippen LogP contribution is -2.54. The molecule has 1 heterocycles. The van der Waals surface area contributed by atoms with Crippen molar-refractivity contribution < 1.29 is 9.90 Å². The summed E-state index contributed by atoms with van der Waals surface area (Å²) in [5, 5.41) is 9.97. The smallest absolute Gasteiger partial charge is 0.225 e. The number of aliphatic hydroxyl groups is 1. The van der Waals surface area contributed by atoms with E-state index in [9.17, 15) is 9.90 Å². The summed E-state index contributed by atoms with van der Waals surface area (Å²) in [7, 11) is 0. The van der Waals surface area contributed by atoms with Gasteiger partial charge in [0.15, 0.2) is 0 Å². The third-order valence-corrected chi connectivity index (χ3v) is 5.24. The molecule has 2 saturated carbocycles. The van der Waals surface area contributed by atoms with Crippen molar-refractivity contribution in [3.63, 3.8) is 0 Å². The van der Waals surface area contributed by atoms with Crippen LogP contribution in [-0.4, -0.2) is 59.1 Å². The molecule has 3 fully saturated rings. The number of carbonyl (C=O) groups is 1. The summed E-state index contributed by atoms with van der Waals surface area (Å²) in [5.74, 6) is 0.702. The van der Waals surface area contributed by atoms with E-state index in [-0.39, 0.29) is 6.10 Å². The minimum Gasteiger partial charge on any atom is -0.391 e. The second-order valence-corrected chi connectivity index (χ2v) is 6.41. The van der Waals surface area contributed by atoms with Crippen LogP contribution in [0.3, 0.4) is 0 Å². The molecule has 0 spiro atoms. The van der Waals surface area contributed by atoms with Crippen molar-refractivity contribution >= 4 is 5.91 Å². The third-order valence-electron chi connectivity index (χ3n) is 5.24. The molecule has 0 radical (unpaired) electrons. The van der Waals surface area contributed by atoms with E-state index in [0.717, 1.165) is 58.3 Å². The lowest BCUT2D eigenvalue weighted by Gasteiger charge is -2.39. The van der Waals surface area contributed by atoms with Gasteiger partial charge in [-0.2, -0.15) is 0 Å². The molecular formula is C15H26N2O2. The van der Waals surface area contributed by atoms with Crippen LogP contribution >= 0.6 is 0 Å². The Labute approximate surface area is 115 Å². The molecule has 1 amide bonds. The van der Waals surface area contributed by atoms with Gasteiger partial charge in [-0.15, -0.1) is 0 Å². The predicted octanol–water partition coefficient (Wildman–Crippen LogP) is 1.23. The average Bonchev–Trinajstić information content (AvgIpc) is 3.09. The first-order chi connectivity index (χ1) is 9.25. The van der Waals surface area contributed by atoms with Crippen LogP contribution in [-0.2, 0) is 4.79 Å². The number of hydrogen-bond acceptors (Lipinski definition) is 3. The van der Waals surface area contributed by atoms with Gasteiger partial charge < -0.3 is 10.0 Å². The number of aliphatic hydroxyl groups excluding tert-OH is 1. The quantitative estimate of drug-likeness (QED) is 0.817. The Balaban J connectivity index is 1.50. The predicted molar refractivity (Wildman–Crippen MR) is 73.8 cm³/mol. The lowest BCUT2D eigenvalue weighted by atomic mass is 10.1. The summed E-state index contributed by atoms with van der Waals surface area (Å²) < 4.78 is 0. The fourth-order valence-corrected chi connectivity index (χ4v) is 4.05. The number of amides is 1. The Hall–Kier alpha value is -0.610. The summed E-state index contributed by atoms with van der Waals surface area (Å²) in [6, 6.07) is 0.351. The molecule has 2 aliphatic carbocycles. The topological polar surface area (TPSA) is 43.8 Å². The number of piperazine rings is 1. The largest absolute Gasteiger partial charge is 0.391 e. The van der Waals surface area contributed by atoms with Gasteiger partial charge in [-0.3, -0.25) is 9.69 Å².